The molecular weight excluding hydrogens is 278 g/mol. The maximum atomic E-state index is 12.9. The third kappa shape index (κ3) is 2.32. The molecule has 1 saturated heterocycles. The number of amides is 1. The minimum atomic E-state index is -0.270. The van der Waals surface area contributed by atoms with Crippen LogP contribution in [-0.2, 0) is 11.8 Å². The first-order chi connectivity index (χ1) is 10.5. The van der Waals surface area contributed by atoms with Crippen molar-refractivity contribution in [3.8, 4) is 0 Å². The Morgan fingerprint density at radius 2 is 2.18 bits per heavy atom. The Balaban J connectivity index is 1.88. The standard InChI is InChI=1S/C16H23N5O/c1-11-15(12(2)19(4)18-11)14-7-5-9-20(14)16(22)13(3)21-10-6-8-17-21/h6,8,10,13-14H,5,7,9H2,1-4H3/t13-,14+/m1/s1. The average molecular weight is 301 g/mol. The molecule has 3 rings (SSSR count). The molecule has 0 bridgehead atoms. The lowest BCUT2D eigenvalue weighted by Crippen LogP contribution is -2.36. The highest BCUT2D eigenvalue weighted by molar-refractivity contribution is 5.80. The summed E-state index contributed by atoms with van der Waals surface area (Å²) in [6.45, 7) is 6.82. The van der Waals surface area contributed by atoms with Gasteiger partial charge in [-0.2, -0.15) is 10.2 Å². The molecule has 0 spiro atoms. The number of aryl methyl sites for hydroxylation is 2. The van der Waals surface area contributed by atoms with Crippen molar-refractivity contribution in [2.24, 2.45) is 7.05 Å². The highest BCUT2D eigenvalue weighted by Crippen LogP contribution is 2.36. The third-order valence-corrected chi connectivity index (χ3v) is 4.71. The molecule has 0 radical (unpaired) electrons. The van der Waals surface area contributed by atoms with E-state index in [0.29, 0.717) is 0 Å². The van der Waals surface area contributed by atoms with Gasteiger partial charge in [0.25, 0.3) is 0 Å². The van der Waals surface area contributed by atoms with E-state index in [4.69, 9.17) is 0 Å². The van der Waals surface area contributed by atoms with Crippen LogP contribution in [-0.4, -0.2) is 36.9 Å². The monoisotopic (exact) mass is 301 g/mol. The molecule has 2 aromatic heterocycles. The van der Waals surface area contributed by atoms with E-state index < -0.39 is 0 Å². The normalized spacial score (nSPS) is 19.6. The second-order valence-electron chi connectivity index (χ2n) is 6.06. The zero-order chi connectivity index (χ0) is 15.9. The zero-order valence-corrected chi connectivity index (χ0v) is 13.7. The lowest BCUT2D eigenvalue weighted by molar-refractivity contribution is -0.135. The first kappa shape index (κ1) is 14.8. The highest BCUT2D eigenvalue weighted by atomic mass is 16.2. The molecule has 2 aromatic rings. The predicted molar refractivity (Wildman–Crippen MR) is 83.3 cm³/mol. The van der Waals surface area contributed by atoms with Crippen LogP contribution in [0.2, 0.25) is 0 Å². The number of hydrogen-bond donors (Lipinski definition) is 0. The van der Waals surface area contributed by atoms with Crippen molar-refractivity contribution in [3.05, 3.63) is 35.4 Å². The van der Waals surface area contributed by atoms with Crippen LogP contribution < -0.4 is 0 Å². The highest BCUT2D eigenvalue weighted by Gasteiger charge is 2.35. The van der Waals surface area contributed by atoms with Crippen LogP contribution in [0, 0.1) is 13.8 Å². The topological polar surface area (TPSA) is 56.0 Å². The molecule has 1 fully saturated rings. The molecule has 1 aliphatic rings. The Kier molecular flexibility index (Phi) is 3.76. The summed E-state index contributed by atoms with van der Waals surface area (Å²) in [4.78, 5) is 14.9. The molecule has 1 aliphatic heterocycles. The zero-order valence-electron chi connectivity index (χ0n) is 13.7. The number of aromatic nitrogens is 4. The Bertz CT molecular complexity index is 673. The number of likely N-dealkylation sites (tertiary alicyclic amines) is 1. The quantitative estimate of drug-likeness (QED) is 0.873. The van der Waals surface area contributed by atoms with Gasteiger partial charge in [0.2, 0.25) is 5.91 Å². The molecule has 3 heterocycles. The van der Waals surface area contributed by atoms with Gasteiger partial charge in [0, 0.05) is 37.2 Å². The van der Waals surface area contributed by atoms with Crippen molar-refractivity contribution in [2.45, 2.75) is 45.7 Å². The van der Waals surface area contributed by atoms with Gasteiger partial charge in [-0.15, -0.1) is 0 Å². The molecule has 0 aromatic carbocycles. The van der Waals surface area contributed by atoms with Crippen LogP contribution in [0.3, 0.4) is 0 Å². The minimum Gasteiger partial charge on any atom is -0.334 e. The predicted octanol–water partition coefficient (Wildman–Crippen LogP) is 2.16. The summed E-state index contributed by atoms with van der Waals surface area (Å²) in [5, 5.41) is 8.70. The SMILES string of the molecule is Cc1nn(C)c(C)c1[C@@H]1CCCN1C(=O)[C@@H](C)n1cccn1. The fourth-order valence-electron chi connectivity index (χ4n) is 3.47. The van der Waals surface area contributed by atoms with Gasteiger partial charge in [0.15, 0.2) is 0 Å². The molecule has 0 N–H and O–H groups in total. The molecule has 1 amide bonds. The van der Waals surface area contributed by atoms with Crippen LogP contribution in [0.1, 0.15) is 48.8 Å². The lowest BCUT2D eigenvalue weighted by Gasteiger charge is -2.28. The van der Waals surface area contributed by atoms with Crippen molar-refractivity contribution in [3.63, 3.8) is 0 Å². The van der Waals surface area contributed by atoms with Crippen LogP contribution in [0.25, 0.3) is 0 Å². The number of carbonyl (C=O) groups excluding carboxylic acids is 1. The van der Waals surface area contributed by atoms with Gasteiger partial charge < -0.3 is 4.90 Å². The van der Waals surface area contributed by atoms with E-state index in [1.165, 1.54) is 5.56 Å². The van der Waals surface area contributed by atoms with E-state index in [1.54, 1.807) is 10.9 Å². The van der Waals surface area contributed by atoms with E-state index in [1.807, 2.05) is 42.7 Å². The van der Waals surface area contributed by atoms with E-state index in [-0.39, 0.29) is 18.0 Å². The summed E-state index contributed by atoms with van der Waals surface area (Å²) < 4.78 is 3.63. The maximum Gasteiger partial charge on any atom is 0.247 e. The van der Waals surface area contributed by atoms with E-state index in [0.717, 1.165) is 30.8 Å². The van der Waals surface area contributed by atoms with Gasteiger partial charge in [-0.05, 0) is 39.7 Å². The second kappa shape index (κ2) is 5.59. The molecule has 2 atom stereocenters. The number of nitrogens with zero attached hydrogens (tertiary/aromatic N) is 5. The first-order valence-corrected chi connectivity index (χ1v) is 7.80. The maximum absolute atomic E-state index is 12.9. The molecule has 118 valence electrons. The Morgan fingerprint density at radius 1 is 1.41 bits per heavy atom. The fourth-order valence-corrected chi connectivity index (χ4v) is 3.47. The van der Waals surface area contributed by atoms with Crippen molar-refractivity contribution >= 4 is 5.91 Å². The summed E-state index contributed by atoms with van der Waals surface area (Å²) in [5.74, 6) is 0.133. The Hall–Kier alpha value is -2.11. The molecular formula is C16H23N5O. The molecule has 0 aliphatic carbocycles. The van der Waals surface area contributed by atoms with Crippen molar-refractivity contribution in [1.82, 2.24) is 24.5 Å². The Labute approximate surface area is 130 Å². The van der Waals surface area contributed by atoms with Crippen molar-refractivity contribution in [2.75, 3.05) is 6.54 Å². The van der Waals surface area contributed by atoms with Gasteiger partial charge in [0.1, 0.15) is 6.04 Å². The average Bonchev–Trinajstić information content (AvgIpc) is 3.20. The van der Waals surface area contributed by atoms with E-state index in [2.05, 4.69) is 17.1 Å². The van der Waals surface area contributed by atoms with Gasteiger partial charge in [-0.25, -0.2) is 0 Å². The molecule has 22 heavy (non-hydrogen) atoms. The van der Waals surface area contributed by atoms with Crippen LogP contribution in [0.4, 0.5) is 0 Å². The third-order valence-electron chi connectivity index (χ3n) is 4.71. The van der Waals surface area contributed by atoms with Gasteiger partial charge in [-0.3, -0.25) is 14.2 Å². The minimum absolute atomic E-state index is 0.133. The fraction of sp³-hybridized carbons (Fsp3) is 0.562. The van der Waals surface area contributed by atoms with Crippen LogP contribution in [0.5, 0.6) is 0 Å². The number of hydrogen-bond acceptors (Lipinski definition) is 3. The smallest absolute Gasteiger partial charge is 0.247 e. The van der Waals surface area contributed by atoms with Gasteiger partial charge in [0.05, 0.1) is 11.7 Å². The molecule has 0 unspecified atom stereocenters. The van der Waals surface area contributed by atoms with E-state index in [9.17, 15) is 4.79 Å². The lowest BCUT2D eigenvalue weighted by atomic mass is 10.0. The van der Waals surface area contributed by atoms with Crippen LogP contribution >= 0.6 is 0 Å². The Morgan fingerprint density at radius 3 is 2.77 bits per heavy atom. The second-order valence-corrected chi connectivity index (χ2v) is 6.06. The number of rotatable bonds is 3. The van der Waals surface area contributed by atoms with Crippen LogP contribution in [0.15, 0.2) is 18.5 Å². The molecule has 6 heteroatoms. The van der Waals surface area contributed by atoms with Crippen molar-refractivity contribution < 1.29 is 4.79 Å². The van der Waals surface area contributed by atoms with E-state index >= 15 is 0 Å². The molecule has 6 nitrogen and oxygen atoms in total. The summed E-state index contributed by atoms with van der Waals surface area (Å²) in [7, 11) is 1.96. The molecule has 0 saturated carbocycles. The van der Waals surface area contributed by atoms with Gasteiger partial charge >= 0.3 is 0 Å². The largest absolute Gasteiger partial charge is 0.334 e. The number of carbonyl (C=O) groups is 1. The van der Waals surface area contributed by atoms with Crippen molar-refractivity contribution in [1.29, 1.82) is 0 Å². The first-order valence-electron chi connectivity index (χ1n) is 7.80. The van der Waals surface area contributed by atoms with Gasteiger partial charge in [-0.1, -0.05) is 0 Å². The summed E-state index contributed by atoms with van der Waals surface area (Å²) in [6.07, 6.45) is 5.59. The summed E-state index contributed by atoms with van der Waals surface area (Å²) in [5.41, 5.74) is 3.38. The summed E-state index contributed by atoms with van der Waals surface area (Å²) >= 11 is 0. The summed E-state index contributed by atoms with van der Waals surface area (Å²) in [6, 6.07) is 1.72.